The molecule has 8 heteroatoms. The third-order valence-electron chi connectivity index (χ3n) is 4.21. The number of carbonyl (C=O) groups excluding carboxylic acids is 1. The SMILES string of the molecule is CN=C(NCCSc1ccccc1)N1CCN(C(=O)c2ccco2)CC1.I. The molecule has 1 fully saturated rings. The average Bonchev–Trinajstić information content (AvgIpc) is 3.23. The van der Waals surface area contributed by atoms with E-state index in [1.807, 2.05) is 22.7 Å². The van der Waals surface area contributed by atoms with Gasteiger partial charge in [0.05, 0.1) is 6.26 Å². The molecule has 0 saturated carbocycles. The van der Waals surface area contributed by atoms with E-state index in [0.29, 0.717) is 18.8 Å². The molecule has 0 atom stereocenters. The number of hydrogen-bond donors (Lipinski definition) is 1. The van der Waals surface area contributed by atoms with Crippen LogP contribution < -0.4 is 5.32 Å². The first-order chi connectivity index (χ1) is 12.8. The van der Waals surface area contributed by atoms with Crippen molar-refractivity contribution < 1.29 is 9.21 Å². The number of benzene rings is 1. The van der Waals surface area contributed by atoms with E-state index < -0.39 is 0 Å². The van der Waals surface area contributed by atoms with Crippen molar-refractivity contribution in [2.75, 3.05) is 45.5 Å². The first-order valence-electron chi connectivity index (χ1n) is 8.74. The maximum Gasteiger partial charge on any atom is 0.289 e. The minimum Gasteiger partial charge on any atom is -0.459 e. The summed E-state index contributed by atoms with van der Waals surface area (Å²) >= 11 is 1.82. The smallest absolute Gasteiger partial charge is 0.289 e. The second kappa shape index (κ2) is 11.2. The summed E-state index contributed by atoms with van der Waals surface area (Å²) in [7, 11) is 1.80. The van der Waals surface area contributed by atoms with Crippen LogP contribution in [-0.4, -0.2) is 67.2 Å². The normalized spacial score (nSPS) is 14.6. The predicted octanol–water partition coefficient (Wildman–Crippen LogP) is 3.02. The zero-order chi connectivity index (χ0) is 18.2. The van der Waals surface area contributed by atoms with Gasteiger partial charge in [-0.25, -0.2) is 0 Å². The van der Waals surface area contributed by atoms with E-state index in [4.69, 9.17) is 4.42 Å². The highest BCUT2D eigenvalue weighted by molar-refractivity contribution is 14.0. The summed E-state index contributed by atoms with van der Waals surface area (Å²) in [5.41, 5.74) is 0. The number of halogens is 1. The maximum absolute atomic E-state index is 12.3. The fourth-order valence-corrected chi connectivity index (χ4v) is 3.65. The van der Waals surface area contributed by atoms with Gasteiger partial charge in [-0.15, -0.1) is 35.7 Å². The lowest BCUT2D eigenvalue weighted by atomic mass is 10.3. The topological polar surface area (TPSA) is 61.1 Å². The number of nitrogens with one attached hydrogen (secondary N) is 1. The first-order valence-corrected chi connectivity index (χ1v) is 9.72. The van der Waals surface area contributed by atoms with Crippen LogP contribution in [0.2, 0.25) is 0 Å². The Hall–Kier alpha value is -1.68. The van der Waals surface area contributed by atoms with Crippen molar-refractivity contribution in [1.29, 1.82) is 0 Å². The number of aliphatic imine (C=N–C) groups is 1. The molecule has 1 saturated heterocycles. The summed E-state index contributed by atoms with van der Waals surface area (Å²) in [5.74, 6) is 2.22. The van der Waals surface area contributed by atoms with Gasteiger partial charge in [-0.1, -0.05) is 18.2 Å². The van der Waals surface area contributed by atoms with E-state index in [9.17, 15) is 4.79 Å². The molecule has 27 heavy (non-hydrogen) atoms. The van der Waals surface area contributed by atoms with Gasteiger partial charge in [-0.05, 0) is 24.3 Å². The Morgan fingerprint density at radius 2 is 1.81 bits per heavy atom. The largest absolute Gasteiger partial charge is 0.459 e. The molecule has 0 bridgehead atoms. The van der Waals surface area contributed by atoms with Crippen LogP contribution in [0.4, 0.5) is 0 Å². The van der Waals surface area contributed by atoms with Gasteiger partial charge in [-0.3, -0.25) is 9.79 Å². The molecule has 1 aromatic carbocycles. The van der Waals surface area contributed by atoms with E-state index in [1.54, 1.807) is 19.2 Å². The van der Waals surface area contributed by atoms with Crippen molar-refractivity contribution in [3.05, 3.63) is 54.5 Å². The molecular weight excluding hydrogens is 475 g/mol. The van der Waals surface area contributed by atoms with Gasteiger partial charge < -0.3 is 19.5 Å². The van der Waals surface area contributed by atoms with Gasteiger partial charge in [0.2, 0.25) is 0 Å². The van der Waals surface area contributed by atoms with E-state index in [1.165, 1.54) is 11.2 Å². The molecule has 1 N–H and O–H groups in total. The first kappa shape index (κ1) is 21.6. The molecule has 146 valence electrons. The summed E-state index contributed by atoms with van der Waals surface area (Å²) in [4.78, 5) is 22.0. The van der Waals surface area contributed by atoms with Gasteiger partial charge >= 0.3 is 0 Å². The van der Waals surface area contributed by atoms with E-state index in [2.05, 4.69) is 39.5 Å². The van der Waals surface area contributed by atoms with E-state index in [-0.39, 0.29) is 29.9 Å². The lowest BCUT2D eigenvalue weighted by molar-refractivity contribution is 0.0658. The Morgan fingerprint density at radius 1 is 1.11 bits per heavy atom. The number of piperazine rings is 1. The lowest BCUT2D eigenvalue weighted by Gasteiger charge is -2.36. The van der Waals surface area contributed by atoms with Gasteiger partial charge in [0, 0.05) is 50.4 Å². The van der Waals surface area contributed by atoms with Crippen molar-refractivity contribution >= 4 is 47.6 Å². The summed E-state index contributed by atoms with van der Waals surface area (Å²) in [6.45, 7) is 3.70. The van der Waals surface area contributed by atoms with Crippen LogP contribution in [0, 0.1) is 0 Å². The van der Waals surface area contributed by atoms with Crippen molar-refractivity contribution in [3.63, 3.8) is 0 Å². The molecule has 0 spiro atoms. The molecule has 0 aliphatic carbocycles. The second-order valence-electron chi connectivity index (χ2n) is 5.89. The Balaban J connectivity index is 0.00000261. The Labute approximate surface area is 181 Å². The van der Waals surface area contributed by atoms with Crippen LogP contribution in [0.1, 0.15) is 10.6 Å². The number of nitrogens with zero attached hydrogens (tertiary/aromatic N) is 3. The molecule has 1 aliphatic heterocycles. The minimum absolute atomic E-state index is 0. The number of guanidine groups is 1. The Morgan fingerprint density at radius 3 is 2.44 bits per heavy atom. The number of amides is 1. The fraction of sp³-hybridized carbons (Fsp3) is 0.368. The molecule has 6 nitrogen and oxygen atoms in total. The number of carbonyl (C=O) groups is 1. The van der Waals surface area contributed by atoms with Crippen LogP contribution in [0.3, 0.4) is 0 Å². The van der Waals surface area contributed by atoms with Crippen molar-refractivity contribution in [2.45, 2.75) is 4.90 Å². The summed E-state index contributed by atoms with van der Waals surface area (Å²) < 4.78 is 5.20. The molecule has 2 heterocycles. The fourth-order valence-electron chi connectivity index (χ4n) is 2.86. The Kier molecular flexibility index (Phi) is 8.99. The molecular formula is C19H25IN4O2S. The van der Waals surface area contributed by atoms with Crippen LogP contribution in [0.25, 0.3) is 0 Å². The molecule has 1 amide bonds. The number of hydrogen-bond acceptors (Lipinski definition) is 4. The van der Waals surface area contributed by atoms with Gasteiger partial charge in [0.1, 0.15) is 0 Å². The zero-order valence-corrected chi connectivity index (χ0v) is 18.5. The van der Waals surface area contributed by atoms with E-state index in [0.717, 1.165) is 31.3 Å². The molecule has 0 radical (unpaired) electrons. The summed E-state index contributed by atoms with van der Waals surface area (Å²) in [5, 5.41) is 3.41. The highest BCUT2D eigenvalue weighted by atomic mass is 127. The molecule has 1 aliphatic rings. The molecule has 2 aromatic rings. The maximum atomic E-state index is 12.3. The number of rotatable bonds is 5. The number of thioether (sulfide) groups is 1. The zero-order valence-electron chi connectivity index (χ0n) is 15.3. The average molecular weight is 500 g/mol. The second-order valence-corrected chi connectivity index (χ2v) is 7.06. The standard InChI is InChI=1S/C19H24N4O2S.HI/c1-20-19(21-9-15-26-16-6-3-2-4-7-16)23-12-10-22(11-13-23)18(24)17-8-5-14-25-17;/h2-8,14H,9-13,15H2,1H3,(H,20,21);1H. The van der Waals surface area contributed by atoms with Gasteiger partial charge in [0.25, 0.3) is 5.91 Å². The molecule has 3 rings (SSSR count). The van der Waals surface area contributed by atoms with Crippen molar-refractivity contribution in [1.82, 2.24) is 15.1 Å². The van der Waals surface area contributed by atoms with Crippen molar-refractivity contribution in [3.8, 4) is 0 Å². The lowest BCUT2D eigenvalue weighted by Crippen LogP contribution is -2.54. The molecule has 1 aromatic heterocycles. The minimum atomic E-state index is -0.0446. The van der Waals surface area contributed by atoms with Crippen LogP contribution in [0.5, 0.6) is 0 Å². The number of furan rings is 1. The summed E-state index contributed by atoms with van der Waals surface area (Å²) in [6, 6.07) is 13.8. The third kappa shape index (κ3) is 6.17. The summed E-state index contributed by atoms with van der Waals surface area (Å²) in [6.07, 6.45) is 1.53. The van der Waals surface area contributed by atoms with Crippen molar-refractivity contribution in [2.24, 2.45) is 4.99 Å². The van der Waals surface area contributed by atoms with Crippen LogP contribution in [-0.2, 0) is 0 Å². The van der Waals surface area contributed by atoms with Crippen LogP contribution >= 0.6 is 35.7 Å². The third-order valence-corrected chi connectivity index (χ3v) is 5.22. The predicted molar refractivity (Wildman–Crippen MR) is 120 cm³/mol. The monoisotopic (exact) mass is 500 g/mol. The van der Waals surface area contributed by atoms with Gasteiger partial charge in [0.15, 0.2) is 11.7 Å². The highest BCUT2D eigenvalue weighted by Crippen LogP contribution is 2.16. The van der Waals surface area contributed by atoms with Crippen LogP contribution in [0.15, 0.2) is 63.0 Å². The van der Waals surface area contributed by atoms with E-state index >= 15 is 0 Å². The highest BCUT2D eigenvalue weighted by Gasteiger charge is 2.24. The Bertz CT molecular complexity index is 717. The quantitative estimate of drug-likeness (QED) is 0.225. The van der Waals surface area contributed by atoms with Gasteiger partial charge in [-0.2, -0.15) is 0 Å². The molecule has 0 unspecified atom stereocenters.